The molecule has 0 aliphatic rings. The van der Waals surface area contributed by atoms with E-state index in [-0.39, 0.29) is 6.42 Å². The Morgan fingerprint density at radius 1 is 0.846 bits per heavy atom. The molecular formula is C22H32O4. The van der Waals surface area contributed by atoms with E-state index in [0.29, 0.717) is 12.8 Å². The number of rotatable bonds is 14. The van der Waals surface area contributed by atoms with E-state index in [1.54, 1.807) is 18.2 Å². The van der Waals surface area contributed by atoms with Crippen LogP contribution in [-0.2, 0) is 4.79 Å². The average Bonchev–Trinajstić information content (AvgIpc) is 2.61. The van der Waals surface area contributed by atoms with Crippen molar-refractivity contribution in [1.82, 2.24) is 0 Å². The monoisotopic (exact) mass is 360 g/mol. The Balaban J connectivity index is 3.92. The third-order valence-electron chi connectivity index (χ3n) is 3.35. The molecule has 144 valence electrons. The maximum absolute atomic E-state index is 10.3. The standard InChI is InChI=1S/C22H32O4/c1-2-3-4-5-11-14-17-20(23)21(24)18-15-12-9-7-6-8-10-13-16-19-22(25)26/h3-4,6-7,9-15,18,20-21,23-24H,2,5,8,16-17,19H2,1H3,(H,25,26)/b4-3-,7-6-,12-9+,13-10-,14-11-,18-15-. The fourth-order valence-electron chi connectivity index (χ4n) is 1.90. The predicted molar refractivity (Wildman–Crippen MR) is 108 cm³/mol. The number of carboxylic acids is 1. The maximum Gasteiger partial charge on any atom is 0.303 e. The molecule has 0 radical (unpaired) electrons. The fraction of sp³-hybridized carbons (Fsp3) is 0.409. The number of hydrogen-bond acceptors (Lipinski definition) is 3. The molecule has 4 nitrogen and oxygen atoms in total. The Morgan fingerprint density at radius 2 is 1.50 bits per heavy atom. The first-order chi connectivity index (χ1) is 12.6. The van der Waals surface area contributed by atoms with Crippen LogP contribution in [0.3, 0.4) is 0 Å². The first-order valence-corrected chi connectivity index (χ1v) is 9.10. The van der Waals surface area contributed by atoms with Gasteiger partial charge in [-0.05, 0) is 32.1 Å². The van der Waals surface area contributed by atoms with Crippen molar-refractivity contribution in [3.05, 3.63) is 72.9 Å². The highest BCUT2D eigenvalue weighted by Gasteiger charge is 2.10. The van der Waals surface area contributed by atoms with Crippen molar-refractivity contribution in [2.45, 2.75) is 57.7 Å². The third kappa shape index (κ3) is 16.7. The van der Waals surface area contributed by atoms with Crippen molar-refractivity contribution in [1.29, 1.82) is 0 Å². The second-order valence-corrected chi connectivity index (χ2v) is 5.72. The van der Waals surface area contributed by atoms with Crippen LogP contribution in [0, 0.1) is 0 Å². The third-order valence-corrected chi connectivity index (χ3v) is 3.35. The number of carbonyl (C=O) groups is 1. The molecule has 0 saturated heterocycles. The molecule has 0 saturated carbocycles. The van der Waals surface area contributed by atoms with Crippen LogP contribution >= 0.6 is 0 Å². The molecule has 0 fully saturated rings. The van der Waals surface area contributed by atoms with Crippen LogP contribution in [0.1, 0.15) is 45.4 Å². The highest BCUT2D eigenvalue weighted by Crippen LogP contribution is 2.03. The van der Waals surface area contributed by atoms with E-state index >= 15 is 0 Å². The van der Waals surface area contributed by atoms with Gasteiger partial charge in [0, 0.05) is 6.42 Å². The quantitative estimate of drug-likeness (QED) is 0.315. The summed E-state index contributed by atoms with van der Waals surface area (Å²) in [6, 6.07) is 0. The normalized spacial score (nSPS) is 15.5. The summed E-state index contributed by atoms with van der Waals surface area (Å²) in [5.41, 5.74) is 0. The number of aliphatic hydroxyl groups excluding tert-OH is 2. The van der Waals surface area contributed by atoms with Gasteiger partial charge in [-0.25, -0.2) is 0 Å². The number of carboxylic acid groups (broad SMARTS) is 1. The van der Waals surface area contributed by atoms with Gasteiger partial charge in [0.15, 0.2) is 0 Å². The Morgan fingerprint density at radius 3 is 2.23 bits per heavy atom. The Bertz CT molecular complexity index is 524. The highest BCUT2D eigenvalue weighted by atomic mass is 16.4. The predicted octanol–water partition coefficient (Wildman–Crippen LogP) is 4.49. The van der Waals surface area contributed by atoms with Gasteiger partial charge in [0.25, 0.3) is 0 Å². The Labute approximate surface area is 157 Å². The second kappa shape index (κ2) is 17.6. The van der Waals surface area contributed by atoms with Crippen molar-refractivity contribution < 1.29 is 20.1 Å². The molecule has 0 aliphatic heterocycles. The van der Waals surface area contributed by atoms with Gasteiger partial charge in [0.2, 0.25) is 0 Å². The van der Waals surface area contributed by atoms with Crippen molar-refractivity contribution in [2.75, 3.05) is 0 Å². The molecule has 26 heavy (non-hydrogen) atoms. The van der Waals surface area contributed by atoms with Crippen molar-refractivity contribution in [2.24, 2.45) is 0 Å². The molecule has 0 amide bonds. The van der Waals surface area contributed by atoms with Crippen molar-refractivity contribution >= 4 is 5.97 Å². The summed E-state index contributed by atoms with van der Waals surface area (Å²) in [6.07, 6.45) is 24.5. The molecule has 0 aromatic carbocycles. The first-order valence-electron chi connectivity index (χ1n) is 9.10. The lowest BCUT2D eigenvalue weighted by Crippen LogP contribution is -2.22. The summed E-state index contributed by atoms with van der Waals surface area (Å²) < 4.78 is 0. The average molecular weight is 360 g/mol. The lowest BCUT2D eigenvalue weighted by atomic mass is 10.1. The van der Waals surface area contributed by atoms with Crippen molar-refractivity contribution in [3.8, 4) is 0 Å². The van der Waals surface area contributed by atoms with E-state index in [1.165, 1.54) is 0 Å². The molecule has 4 heteroatoms. The zero-order valence-corrected chi connectivity index (χ0v) is 15.6. The van der Waals surface area contributed by atoms with Crippen molar-refractivity contribution in [3.63, 3.8) is 0 Å². The van der Waals surface area contributed by atoms with Gasteiger partial charge >= 0.3 is 5.97 Å². The van der Waals surface area contributed by atoms with E-state index in [1.807, 2.05) is 42.5 Å². The molecular weight excluding hydrogens is 328 g/mol. The smallest absolute Gasteiger partial charge is 0.303 e. The van der Waals surface area contributed by atoms with Crippen LogP contribution < -0.4 is 0 Å². The summed E-state index contributed by atoms with van der Waals surface area (Å²) in [7, 11) is 0. The van der Waals surface area contributed by atoms with Crippen LogP contribution in [0.15, 0.2) is 72.9 Å². The van der Waals surface area contributed by atoms with Crippen LogP contribution in [0.4, 0.5) is 0 Å². The first kappa shape index (κ1) is 23.8. The Kier molecular flexibility index (Phi) is 16.2. The molecule has 2 unspecified atom stereocenters. The van der Waals surface area contributed by atoms with Gasteiger partial charge in [0.05, 0.1) is 12.2 Å². The summed E-state index contributed by atoms with van der Waals surface area (Å²) in [5, 5.41) is 28.2. The molecule has 0 aromatic heterocycles. The van der Waals surface area contributed by atoms with E-state index in [0.717, 1.165) is 19.3 Å². The summed E-state index contributed by atoms with van der Waals surface area (Å²) >= 11 is 0. The minimum absolute atomic E-state index is 0.158. The lowest BCUT2D eigenvalue weighted by Gasteiger charge is -2.11. The van der Waals surface area contributed by atoms with Gasteiger partial charge < -0.3 is 15.3 Å². The zero-order chi connectivity index (χ0) is 19.5. The molecule has 2 atom stereocenters. The summed E-state index contributed by atoms with van der Waals surface area (Å²) in [4.78, 5) is 10.3. The molecule has 0 aromatic rings. The largest absolute Gasteiger partial charge is 0.481 e. The molecule has 0 aliphatic carbocycles. The Hall–Kier alpha value is -2.17. The van der Waals surface area contributed by atoms with E-state index < -0.39 is 18.2 Å². The maximum atomic E-state index is 10.3. The SMILES string of the molecule is CC/C=C\C/C=C\CC(O)C(O)\C=C/C=C/C=C\C/C=C\CCC(=O)O. The number of allylic oxidation sites excluding steroid dienone is 10. The fourth-order valence-corrected chi connectivity index (χ4v) is 1.90. The zero-order valence-electron chi connectivity index (χ0n) is 15.6. The number of aliphatic carboxylic acids is 1. The minimum Gasteiger partial charge on any atom is -0.481 e. The molecule has 3 N–H and O–H groups in total. The van der Waals surface area contributed by atoms with Gasteiger partial charge in [-0.15, -0.1) is 0 Å². The van der Waals surface area contributed by atoms with Gasteiger partial charge in [-0.1, -0.05) is 79.8 Å². The minimum atomic E-state index is -0.892. The topological polar surface area (TPSA) is 77.8 Å². The van der Waals surface area contributed by atoms with E-state index in [2.05, 4.69) is 19.1 Å². The molecule has 0 heterocycles. The highest BCUT2D eigenvalue weighted by molar-refractivity contribution is 5.66. The lowest BCUT2D eigenvalue weighted by molar-refractivity contribution is -0.136. The van der Waals surface area contributed by atoms with E-state index in [9.17, 15) is 15.0 Å². The van der Waals surface area contributed by atoms with Crippen LogP contribution in [0.5, 0.6) is 0 Å². The summed E-state index contributed by atoms with van der Waals surface area (Å²) in [5.74, 6) is -0.785. The molecule has 0 spiro atoms. The van der Waals surface area contributed by atoms with Crippen LogP contribution in [0.2, 0.25) is 0 Å². The second-order valence-electron chi connectivity index (χ2n) is 5.72. The number of hydrogen-bond donors (Lipinski definition) is 3. The molecule has 0 bridgehead atoms. The van der Waals surface area contributed by atoms with Gasteiger partial charge in [-0.2, -0.15) is 0 Å². The van der Waals surface area contributed by atoms with Crippen LogP contribution in [0.25, 0.3) is 0 Å². The molecule has 0 rings (SSSR count). The van der Waals surface area contributed by atoms with Gasteiger partial charge in [-0.3, -0.25) is 4.79 Å². The van der Waals surface area contributed by atoms with Crippen LogP contribution in [-0.4, -0.2) is 33.5 Å². The summed E-state index contributed by atoms with van der Waals surface area (Å²) in [6.45, 7) is 2.08. The van der Waals surface area contributed by atoms with Gasteiger partial charge in [0.1, 0.15) is 0 Å². The number of aliphatic hydroxyl groups is 2. The van der Waals surface area contributed by atoms with E-state index in [4.69, 9.17) is 5.11 Å².